The van der Waals surface area contributed by atoms with Crippen LogP contribution in [0.15, 0.2) is 53.4 Å². The van der Waals surface area contributed by atoms with Crippen LogP contribution in [0.4, 0.5) is 0 Å². The zero-order valence-corrected chi connectivity index (χ0v) is 12.3. The number of rotatable bonds is 4. The predicted molar refractivity (Wildman–Crippen MR) is 83.0 cm³/mol. The molecule has 0 N–H and O–H groups in total. The molecule has 1 heterocycles. The van der Waals surface area contributed by atoms with Crippen molar-refractivity contribution in [3.63, 3.8) is 0 Å². The highest BCUT2D eigenvalue weighted by molar-refractivity contribution is 7.99. The maximum absolute atomic E-state index is 9.34. The van der Waals surface area contributed by atoms with Gasteiger partial charge in [-0.25, -0.2) is 0 Å². The zero-order chi connectivity index (χ0) is 14.5. The van der Waals surface area contributed by atoms with Crippen molar-refractivity contribution in [1.29, 1.82) is 5.26 Å². The molecular weight excluding hydrogens is 282 g/mol. The minimum atomic E-state index is -0.107. The fourth-order valence-corrected chi connectivity index (χ4v) is 3.17. The van der Waals surface area contributed by atoms with Gasteiger partial charge in [-0.15, -0.1) is 11.8 Å². The SMILES string of the molecule is N#CC(CSc1ccc2c(c1)OCCO2)c1ccccc1. The van der Waals surface area contributed by atoms with Crippen molar-refractivity contribution in [3.8, 4) is 17.6 Å². The first-order valence-electron chi connectivity index (χ1n) is 6.84. The normalized spacial score (nSPS) is 14.2. The molecule has 1 aliphatic heterocycles. The largest absolute Gasteiger partial charge is 0.486 e. The van der Waals surface area contributed by atoms with Gasteiger partial charge in [-0.1, -0.05) is 30.3 Å². The molecule has 0 aromatic heterocycles. The summed E-state index contributed by atoms with van der Waals surface area (Å²) in [6.45, 7) is 1.19. The quantitative estimate of drug-likeness (QED) is 0.804. The molecule has 1 unspecified atom stereocenters. The number of benzene rings is 2. The van der Waals surface area contributed by atoms with Gasteiger partial charge < -0.3 is 9.47 Å². The Bertz CT molecular complexity index is 652. The summed E-state index contributed by atoms with van der Waals surface area (Å²) in [7, 11) is 0. The lowest BCUT2D eigenvalue weighted by Gasteiger charge is -2.19. The standard InChI is InChI=1S/C17H15NO2S/c18-11-14(13-4-2-1-3-5-13)12-21-15-6-7-16-17(10-15)20-9-8-19-16/h1-7,10,14H,8-9,12H2. The smallest absolute Gasteiger partial charge is 0.162 e. The van der Waals surface area contributed by atoms with Crippen LogP contribution in [0.5, 0.6) is 11.5 Å². The van der Waals surface area contributed by atoms with Crippen LogP contribution in [0.1, 0.15) is 11.5 Å². The second-order valence-corrected chi connectivity index (χ2v) is 5.80. The number of hydrogen-bond donors (Lipinski definition) is 0. The molecular formula is C17H15NO2S. The van der Waals surface area contributed by atoms with Crippen LogP contribution in [0.3, 0.4) is 0 Å². The van der Waals surface area contributed by atoms with Gasteiger partial charge in [0.2, 0.25) is 0 Å². The van der Waals surface area contributed by atoms with Crippen molar-refractivity contribution in [3.05, 3.63) is 54.1 Å². The Labute approximate surface area is 128 Å². The molecule has 21 heavy (non-hydrogen) atoms. The topological polar surface area (TPSA) is 42.2 Å². The Kier molecular flexibility index (Phi) is 4.32. The second-order valence-electron chi connectivity index (χ2n) is 4.71. The highest BCUT2D eigenvalue weighted by Crippen LogP contribution is 2.35. The fraction of sp³-hybridized carbons (Fsp3) is 0.235. The first kappa shape index (κ1) is 13.8. The average Bonchev–Trinajstić information content (AvgIpc) is 2.56. The first-order chi connectivity index (χ1) is 10.4. The summed E-state index contributed by atoms with van der Waals surface area (Å²) in [5, 5.41) is 9.34. The lowest BCUT2D eigenvalue weighted by molar-refractivity contribution is 0.171. The summed E-state index contributed by atoms with van der Waals surface area (Å²) < 4.78 is 11.1. The third-order valence-corrected chi connectivity index (χ3v) is 4.38. The lowest BCUT2D eigenvalue weighted by Crippen LogP contribution is -2.15. The summed E-state index contributed by atoms with van der Waals surface area (Å²) in [6.07, 6.45) is 0. The van der Waals surface area contributed by atoms with Gasteiger partial charge in [-0.05, 0) is 23.8 Å². The van der Waals surface area contributed by atoms with Crippen LogP contribution in [-0.2, 0) is 0 Å². The third-order valence-electron chi connectivity index (χ3n) is 3.29. The Morgan fingerprint density at radius 1 is 1.05 bits per heavy atom. The molecule has 2 aromatic rings. The van der Waals surface area contributed by atoms with Crippen molar-refractivity contribution in [1.82, 2.24) is 0 Å². The number of thioether (sulfide) groups is 1. The first-order valence-corrected chi connectivity index (χ1v) is 7.82. The Hall–Kier alpha value is -2.12. The van der Waals surface area contributed by atoms with Crippen molar-refractivity contribution in [2.45, 2.75) is 10.8 Å². The molecule has 4 heteroatoms. The van der Waals surface area contributed by atoms with Crippen molar-refractivity contribution in [2.75, 3.05) is 19.0 Å². The van der Waals surface area contributed by atoms with E-state index in [1.54, 1.807) is 11.8 Å². The summed E-state index contributed by atoms with van der Waals surface area (Å²) in [4.78, 5) is 1.09. The summed E-state index contributed by atoms with van der Waals surface area (Å²) in [6, 6.07) is 18.2. The van der Waals surface area contributed by atoms with E-state index in [0.717, 1.165) is 27.7 Å². The molecule has 1 atom stereocenters. The van der Waals surface area contributed by atoms with E-state index in [0.29, 0.717) is 13.2 Å². The van der Waals surface area contributed by atoms with Gasteiger partial charge in [0, 0.05) is 10.6 Å². The zero-order valence-electron chi connectivity index (χ0n) is 11.5. The highest BCUT2D eigenvalue weighted by atomic mass is 32.2. The Morgan fingerprint density at radius 2 is 1.81 bits per heavy atom. The van der Waals surface area contributed by atoms with E-state index in [9.17, 15) is 5.26 Å². The van der Waals surface area contributed by atoms with Gasteiger partial charge >= 0.3 is 0 Å². The molecule has 1 aliphatic rings. The Morgan fingerprint density at radius 3 is 2.57 bits per heavy atom. The summed E-state index contributed by atoms with van der Waals surface area (Å²) >= 11 is 1.66. The minimum Gasteiger partial charge on any atom is -0.486 e. The van der Waals surface area contributed by atoms with Crippen LogP contribution in [0.2, 0.25) is 0 Å². The van der Waals surface area contributed by atoms with Crippen LogP contribution in [0, 0.1) is 11.3 Å². The van der Waals surface area contributed by atoms with E-state index < -0.39 is 0 Å². The van der Waals surface area contributed by atoms with Gasteiger partial charge in [-0.3, -0.25) is 0 Å². The van der Waals surface area contributed by atoms with Crippen LogP contribution in [0.25, 0.3) is 0 Å². The van der Waals surface area contributed by atoms with E-state index in [2.05, 4.69) is 6.07 Å². The summed E-state index contributed by atoms with van der Waals surface area (Å²) in [5.74, 6) is 2.20. The average molecular weight is 297 g/mol. The predicted octanol–water partition coefficient (Wildman–Crippen LogP) is 3.86. The maximum atomic E-state index is 9.34. The van der Waals surface area contributed by atoms with Crippen molar-refractivity contribution in [2.24, 2.45) is 0 Å². The molecule has 106 valence electrons. The lowest BCUT2D eigenvalue weighted by atomic mass is 10.0. The van der Waals surface area contributed by atoms with E-state index in [-0.39, 0.29) is 5.92 Å². The number of fused-ring (bicyclic) bond motifs is 1. The summed E-state index contributed by atoms with van der Waals surface area (Å²) in [5.41, 5.74) is 1.06. The molecule has 0 saturated heterocycles. The van der Waals surface area contributed by atoms with E-state index in [4.69, 9.17) is 9.47 Å². The molecule has 0 fully saturated rings. The monoisotopic (exact) mass is 297 g/mol. The van der Waals surface area contributed by atoms with Gasteiger partial charge in [0.1, 0.15) is 13.2 Å². The van der Waals surface area contributed by atoms with Gasteiger partial charge in [0.15, 0.2) is 11.5 Å². The van der Waals surface area contributed by atoms with Crippen molar-refractivity contribution < 1.29 is 9.47 Å². The molecule has 0 bridgehead atoms. The van der Waals surface area contributed by atoms with Crippen LogP contribution in [-0.4, -0.2) is 19.0 Å². The van der Waals surface area contributed by atoms with Gasteiger partial charge in [0.05, 0.1) is 12.0 Å². The molecule has 3 nitrogen and oxygen atoms in total. The molecule has 2 aromatic carbocycles. The molecule has 0 amide bonds. The maximum Gasteiger partial charge on any atom is 0.162 e. The van der Waals surface area contributed by atoms with E-state index in [1.807, 2.05) is 48.5 Å². The number of nitrogens with zero attached hydrogens (tertiary/aromatic N) is 1. The van der Waals surface area contributed by atoms with E-state index >= 15 is 0 Å². The second kappa shape index (κ2) is 6.55. The van der Waals surface area contributed by atoms with Crippen LogP contribution >= 0.6 is 11.8 Å². The number of hydrogen-bond acceptors (Lipinski definition) is 4. The van der Waals surface area contributed by atoms with Crippen LogP contribution < -0.4 is 9.47 Å². The van der Waals surface area contributed by atoms with Gasteiger partial charge in [-0.2, -0.15) is 5.26 Å². The van der Waals surface area contributed by atoms with E-state index in [1.165, 1.54) is 0 Å². The number of nitriles is 1. The fourth-order valence-electron chi connectivity index (χ4n) is 2.19. The molecule has 0 spiro atoms. The van der Waals surface area contributed by atoms with Crippen molar-refractivity contribution >= 4 is 11.8 Å². The third kappa shape index (κ3) is 3.32. The Balaban J connectivity index is 1.68. The molecule has 3 rings (SSSR count). The highest BCUT2D eigenvalue weighted by Gasteiger charge is 2.14. The minimum absolute atomic E-state index is 0.107. The van der Waals surface area contributed by atoms with Gasteiger partial charge in [0.25, 0.3) is 0 Å². The number of ether oxygens (including phenoxy) is 2. The molecule has 0 aliphatic carbocycles. The molecule has 0 radical (unpaired) electrons. The molecule has 0 saturated carbocycles.